The zero-order valence-electron chi connectivity index (χ0n) is 10.5. The van der Waals surface area contributed by atoms with Crippen LogP contribution in [0.4, 0.5) is 14.5 Å². The van der Waals surface area contributed by atoms with Gasteiger partial charge in [-0.25, -0.2) is 13.6 Å². The monoisotopic (exact) mass is 277 g/mol. The van der Waals surface area contributed by atoms with Gasteiger partial charge in [0, 0.05) is 12.5 Å². The van der Waals surface area contributed by atoms with Crippen molar-refractivity contribution in [3.8, 4) is 0 Å². The summed E-state index contributed by atoms with van der Waals surface area (Å²) in [4.78, 5) is 11.2. The summed E-state index contributed by atoms with van der Waals surface area (Å²) in [5.41, 5.74) is 0.782. The maximum Gasteiger partial charge on any atom is 0.326 e. The van der Waals surface area contributed by atoms with Crippen LogP contribution in [0.1, 0.15) is 5.56 Å². The normalized spacial score (nSPS) is 11.9. The van der Waals surface area contributed by atoms with Gasteiger partial charge in [0.1, 0.15) is 17.7 Å². The Labute approximate surface area is 114 Å². The molecular formula is C15H13F2NO2. The first kappa shape index (κ1) is 14.0. The molecule has 0 saturated heterocycles. The van der Waals surface area contributed by atoms with Crippen LogP contribution in [0.2, 0.25) is 0 Å². The molecule has 104 valence electrons. The van der Waals surface area contributed by atoms with Crippen molar-refractivity contribution in [3.05, 3.63) is 65.7 Å². The molecule has 0 spiro atoms. The predicted molar refractivity (Wildman–Crippen MR) is 71.6 cm³/mol. The third-order valence-corrected chi connectivity index (χ3v) is 2.84. The number of anilines is 1. The Balaban J connectivity index is 2.15. The molecule has 2 N–H and O–H groups in total. The Kier molecular flexibility index (Phi) is 4.30. The lowest BCUT2D eigenvalue weighted by atomic mass is 10.1. The van der Waals surface area contributed by atoms with E-state index in [-0.39, 0.29) is 12.1 Å². The minimum Gasteiger partial charge on any atom is -0.480 e. The summed E-state index contributed by atoms with van der Waals surface area (Å²) >= 11 is 0. The van der Waals surface area contributed by atoms with Crippen molar-refractivity contribution in [3.63, 3.8) is 0 Å². The van der Waals surface area contributed by atoms with Crippen molar-refractivity contribution >= 4 is 11.7 Å². The third kappa shape index (κ3) is 3.54. The number of nitrogens with one attached hydrogen (secondary N) is 1. The first-order valence-electron chi connectivity index (χ1n) is 6.04. The molecule has 1 atom stereocenters. The van der Waals surface area contributed by atoms with Gasteiger partial charge in [0.2, 0.25) is 0 Å². The van der Waals surface area contributed by atoms with Gasteiger partial charge in [-0.05, 0) is 17.7 Å². The van der Waals surface area contributed by atoms with Crippen LogP contribution in [-0.2, 0) is 11.2 Å². The number of rotatable bonds is 5. The molecule has 5 heteroatoms. The number of hydrogen-bond donors (Lipinski definition) is 2. The van der Waals surface area contributed by atoms with Crippen molar-refractivity contribution < 1.29 is 18.7 Å². The predicted octanol–water partition coefficient (Wildman–Crippen LogP) is 3.07. The average molecular weight is 277 g/mol. The molecule has 20 heavy (non-hydrogen) atoms. The topological polar surface area (TPSA) is 49.3 Å². The summed E-state index contributed by atoms with van der Waals surface area (Å²) in [5, 5.41) is 11.8. The summed E-state index contributed by atoms with van der Waals surface area (Å²) in [7, 11) is 0. The van der Waals surface area contributed by atoms with Gasteiger partial charge in [0.25, 0.3) is 0 Å². The summed E-state index contributed by atoms with van der Waals surface area (Å²) < 4.78 is 26.3. The number of carboxylic acids is 1. The van der Waals surface area contributed by atoms with Crippen LogP contribution in [0.3, 0.4) is 0 Å². The molecule has 0 amide bonds. The highest BCUT2D eigenvalue weighted by Crippen LogP contribution is 2.17. The van der Waals surface area contributed by atoms with Crippen molar-refractivity contribution in [2.45, 2.75) is 12.5 Å². The molecule has 0 bridgehead atoms. The van der Waals surface area contributed by atoms with E-state index in [4.69, 9.17) is 0 Å². The van der Waals surface area contributed by atoms with Crippen LogP contribution in [0, 0.1) is 11.6 Å². The van der Waals surface area contributed by atoms with Crippen molar-refractivity contribution in [1.29, 1.82) is 0 Å². The van der Waals surface area contributed by atoms with Gasteiger partial charge >= 0.3 is 5.97 Å². The molecule has 0 aliphatic rings. The second-order valence-corrected chi connectivity index (χ2v) is 4.35. The second kappa shape index (κ2) is 6.14. The molecule has 0 radical (unpaired) electrons. The molecule has 0 aliphatic carbocycles. The molecule has 0 saturated carbocycles. The fourth-order valence-corrected chi connectivity index (χ4v) is 1.84. The van der Waals surface area contributed by atoms with Crippen molar-refractivity contribution in [2.75, 3.05) is 5.32 Å². The van der Waals surface area contributed by atoms with E-state index in [1.807, 2.05) is 6.07 Å². The number of carboxylic acid groups (broad SMARTS) is 1. The van der Waals surface area contributed by atoms with Gasteiger partial charge in [0.05, 0.1) is 5.69 Å². The molecule has 1 unspecified atom stereocenters. The van der Waals surface area contributed by atoms with E-state index in [9.17, 15) is 18.7 Å². The van der Waals surface area contributed by atoms with E-state index in [1.54, 1.807) is 24.3 Å². The standard InChI is InChI=1S/C15H13F2NO2/c16-11-6-7-13(12(17)9-11)18-14(15(19)20)8-10-4-2-1-3-5-10/h1-7,9,14,18H,8H2,(H,19,20). The Hall–Kier alpha value is -2.43. The molecular weight excluding hydrogens is 264 g/mol. The van der Waals surface area contributed by atoms with E-state index < -0.39 is 23.6 Å². The van der Waals surface area contributed by atoms with E-state index in [0.29, 0.717) is 6.07 Å². The number of aliphatic carboxylic acids is 1. The van der Waals surface area contributed by atoms with Crippen molar-refractivity contribution in [1.82, 2.24) is 0 Å². The Morgan fingerprint density at radius 1 is 1.15 bits per heavy atom. The van der Waals surface area contributed by atoms with E-state index in [2.05, 4.69) is 5.32 Å². The van der Waals surface area contributed by atoms with E-state index in [0.717, 1.165) is 11.6 Å². The maximum absolute atomic E-state index is 13.5. The molecule has 0 fully saturated rings. The Bertz CT molecular complexity index is 602. The van der Waals surface area contributed by atoms with Crippen LogP contribution >= 0.6 is 0 Å². The van der Waals surface area contributed by atoms with Crippen LogP contribution in [0.15, 0.2) is 48.5 Å². The molecule has 0 aromatic heterocycles. The number of benzene rings is 2. The zero-order valence-corrected chi connectivity index (χ0v) is 10.5. The Morgan fingerprint density at radius 2 is 1.85 bits per heavy atom. The van der Waals surface area contributed by atoms with Crippen LogP contribution < -0.4 is 5.32 Å². The summed E-state index contributed by atoms with van der Waals surface area (Å²) in [5.74, 6) is -2.62. The molecule has 0 heterocycles. The smallest absolute Gasteiger partial charge is 0.326 e. The first-order valence-corrected chi connectivity index (χ1v) is 6.04. The second-order valence-electron chi connectivity index (χ2n) is 4.35. The Morgan fingerprint density at radius 3 is 2.45 bits per heavy atom. The van der Waals surface area contributed by atoms with Gasteiger partial charge in [-0.3, -0.25) is 0 Å². The number of carbonyl (C=O) groups is 1. The van der Waals surface area contributed by atoms with Crippen LogP contribution in [-0.4, -0.2) is 17.1 Å². The molecule has 2 rings (SSSR count). The van der Waals surface area contributed by atoms with Gasteiger partial charge in [0.15, 0.2) is 0 Å². The molecule has 3 nitrogen and oxygen atoms in total. The lowest BCUT2D eigenvalue weighted by Gasteiger charge is -2.16. The van der Waals surface area contributed by atoms with Gasteiger partial charge in [-0.1, -0.05) is 30.3 Å². The molecule has 2 aromatic carbocycles. The highest BCUT2D eigenvalue weighted by Gasteiger charge is 2.19. The fourth-order valence-electron chi connectivity index (χ4n) is 1.84. The molecule has 0 aliphatic heterocycles. The van der Waals surface area contributed by atoms with E-state index >= 15 is 0 Å². The fraction of sp³-hybridized carbons (Fsp3) is 0.133. The largest absolute Gasteiger partial charge is 0.480 e. The first-order chi connectivity index (χ1) is 9.56. The maximum atomic E-state index is 13.5. The lowest BCUT2D eigenvalue weighted by Crippen LogP contribution is -2.31. The van der Waals surface area contributed by atoms with Crippen LogP contribution in [0.25, 0.3) is 0 Å². The molecule has 2 aromatic rings. The summed E-state index contributed by atoms with van der Waals surface area (Å²) in [6, 6.07) is 11.0. The minimum absolute atomic E-state index is 0.0327. The van der Waals surface area contributed by atoms with E-state index in [1.165, 1.54) is 6.07 Å². The summed E-state index contributed by atoms with van der Waals surface area (Å²) in [6.07, 6.45) is 0.201. The van der Waals surface area contributed by atoms with Gasteiger partial charge < -0.3 is 10.4 Å². The summed E-state index contributed by atoms with van der Waals surface area (Å²) in [6.45, 7) is 0. The van der Waals surface area contributed by atoms with Gasteiger partial charge in [-0.2, -0.15) is 0 Å². The van der Waals surface area contributed by atoms with Crippen LogP contribution in [0.5, 0.6) is 0 Å². The SMILES string of the molecule is O=C(O)C(Cc1ccccc1)Nc1ccc(F)cc1F. The highest BCUT2D eigenvalue weighted by atomic mass is 19.1. The van der Waals surface area contributed by atoms with Crippen molar-refractivity contribution in [2.24, 2.45) is 0 Å². The third-order valence-electron chi connectivity index (χ3n) is 2.84. The lowest BCUT2D eigenvalue weighted by molar-refractivity contribution is -0.137. The quantitative estimate of drug-likeness (QED) is 0.883. The zero-order chi connectivity index (χ0) is 14.5. The van der Waals surface area contributed by atoms with Gasteiger partial charge in [-0.15, -0.1) is 0 Å². The number of hydrogen-bond acceptors (Lipinski definition) is 2. The average Bonchev–Trinajstić information content (AvgIpc) is 2.42. The number of halogens is 2. The highest BCUT2D eigenvalue weighted by molar-refractivity contribution is 5.77. The minimum atomic E-state index is -1.10.